The van der Waals surface area contributed by atoms with Crippen molar-refractivity contribution in [2.45, 2.75) is 20.3 Å². The lowest BCUT2D eigenvalue weighted by Crippen LogP contribution is -2.13. The fourth-order valence-electron chi connectivity index (χ4n) is 1.95. The van der Waals surface area contributed by atoms with E-state index < -0.39 is 17.5 Å². The Morgan fingerprint density at radius 2 is 1.75 bits per heavy atom. The summed E-state index contributed by atoms with van der Waals surface area (Å²) in [7, 11) is 0. The first kappa shape index (κ1) is 14.3. The predicted molar refractivity (Wildman–Crippen MR) is 69.3 cm³/mol. The lowest BCUT2D eigenvalue weighted by Gasteiger charge is -2.11. The van der Waals surface area contributed by atoms with Crippen LogP contribution >= 0.6 is 0 Å². The molecule has 0 fully saturated rings. The zero-order valence-electron chi connectivity index (χ0n) is 11.0. The van der Waals surface area contributed by atoms with Gasteiger partial charge in [0.2, 0.25) is 0 Å². The van der Waals surface area contributed by atoms with Crippen LogP contribution in [0.5, 0.6) is 0 Å². The van der Waals surface area contributed by atoms with Crippen LogP contribution in [0.2, 0.25) is 0 Å². The zero-order valence-corrected chi connectivity index (χ0v) is 11.0. The number of anilines is 1. The Morgan fingerprint density at radius 1 is 1.15 bits per heavy atom. The summed E-state index contributed by atoms with van der Waals surface area (Å²) in [4.78, 5) is 8.27. The minimum Gasteiger partial charge on any atom is -0.308 e. The molecule has 0 saturated heterocycles. The molecule has 0 atom stereocenters. The second-order valence-electron chi connectivity index (χ2n) is 4.21. The molecule has 1 aromatic carbocycles. The van der Waals surface area contributed by atoms with Gasteiger partial charge in [0.1, 0.15) is 5.82 Å². The summed E-state index contributed by atoms with van der Waals surface area (Å²) >= 11 is 0. The summed E-state index contributed by atoms with van der Waals surface area (Å²) in [6.45, 7) is 3.64. The van der Waals surface area contributed by atoms with E-state index in [1.807, 2.05) is 6.92 Å². The van der Waals surface area contributed by atoms with Crippen molar-refractivity contribution in [3.05, 3.63) is 40.8 Å². The fourth-order valence-corrected chi connectivity index (χ4v) is 1.95. The highest BCUT2D eigenvalue weighted by Gasteiger charge is 2.15. The molecular weight excluding hydrogens is 269 g/mol. The van der Waals surface area contributed by atoms with E-state index in [2.05, 4.69) is 15.4 Å². The van der Waals surface area contributed by atoms with Crippen LogP contribution < -0.4 is 11.3 Å². The summed E-state index contributed by atoms with van der Waals surface area (Å²) in [5.41, 5.74) is 3.91. The van der Waals surface area contributed by atoms with Gasteiger partial charge in [0.05, 0.1) is 0 Å². The van der Waals surface area contributed by atoms with Gasteiger partial charge >= 0.3 is 0 Å². The number of hydrazine groups is 1. The number of nitrogens with zero attached hydrogens (tertiary/aromatic N) is 2. The highest BCUT2D eigenvalue weighted by molar-refractivity contribution is 5.60. The lowest BCUT2D eigenvalue weighted by molar-refractivity contribution is 0.447. The van der Waals surface area contributed by atoms with E-state index >= 15 is 0 Å². The van der Waals surface area contributed by atoms with E-state index in [-0.39, 0.29) is 11.4 Å². The van der Waals surface area contributed by atoms with Gasteiger partial charge in [-0.05, 0) is 25.5 Å². The first-order valence-electron chi connectivity index (χ1n) is 5.97. The fraction of sp³-hybridized carbons (Fsp3) is 0.231. The molecule has 2 rings (SSSR count). The molecule has 1 aromatic heterocycles. The van der Waals surface area contributed by atoms with Gasteiger partial charge in [0, 0.05) is 16.8 Å². The van der Waals surface area contributed by atoms with E-state index in [0.717, 1.165) is 17.7 Å². The van der Waals surface area contributed by atoms with E-state index in [0.29, 0.717) is 17.9 Å². The third-order valence-corrected chi connectivity index (χ3v) is 2.95. The summed E-state index contributed by atoms with van der Waals surface area (Å²) in [5, 5.41) is 0. The van der Waals surface area contributed by atoms with Gasteiger partial charge in [0.25, 0.3) is 0 Å². The Kier molecular flexibility index (Phi) is 3.89. The number of hydrogen-bond acceptors (Lipinski definition) is 4. The van der Waals surface area contributed by atoms with Crippen LogP contribution in [0.1, 0.15) is 18.2 Å². The van der Waals surface area contributed by atoms with Gasteiger partial charge in [-0.2, -0.15) is 0 Å². The number of aromatic nitrogens is 2. The molecule has 0 aliphatic carbocycles. The third-order valence-electron chi connectivity index (χ3n) is 2.95. The standard InChI is InChI=1S/C13H13F3N4/c1-3-8-6(2)18-12(19-13(8)20-17)7-4-9(14)11(16)10(15)5-7/h4-5H,3,17H2,1-2H3,(H,18,19,20). The highest BCUT2D eigenvalue weighted by atomic mass is 19.2. The molecule has 0 spiro atoms. The number of nitrogens with two attached hydrogens (primary N) is 1. The zero-order chi connectivity index (χ0) is 14.9. The van der Waals surface area contributed by atoms with Crippen molar-refractivity contribution in [3.8, 4) is 11.4 Å². The van der Waals surface area contributed by atoms with Crippen molar-refractivity contribution in [1.29, 1.82) is 0 Å². The summed E-state index contributed by atoms with van der Waals surface area (Å²) in [6.07, 6.45) is 0.651. The smallest absolute Gasteiger partial charge is 0.194 e. The molecule has 2 aromatic rings. The SMILES string of the molecule is CCc1c(C)nc(-c2cc(F)c(F)c(F)c2)nc1NN. The van der Waals surface area contributed by atoms with Crippen LogP contribution in [0.3, 0.4) is 0 Å². The van der Waals surface area contributed by atoms with Crippen LogP contribution in [-0.4, -0.2) is 9.97 Å². The molecule has 0 aliphatic rings. The molecule has 0 unspecified atom stereocenters. The minimum absolute atomic E-state index is 0.0450. The monoisotopic (exact) mass is 282 g/mol. The number of nitrogens with one attached hydrogen (secondary N) is 1. The van der Waals surface area contributed by atoms with Crippen molar-refractivity contribution in [2.75, 3.05) is 5.43 Å². The predicted octanol–water partition coefficient (Wildman–Crippen LogP) is 2.72. The molecule has 0 radical (unpaired) electrons. The van der Waals surface area contributed by atoms with Crippen LogP contribution in [0.25, 0.3) is 11.4 Å². The normalized spacial score (nSPS) is 10.7. The number of aryl methyl sites for hydroxylation is 1. The average molecular weight is 282 g/mol. The topological polar surface area (TPSA) is 63.8 Å². The molecule has 4 nitrogen and oxygen atoms in total. The van der Waals surface area contributed by atoms with E-state index in [1.54, 1.807) is 6.92 Å². The average Bonchev–Trinajstić information content (AvgIpc) is 2.43. The van der Waals surface area contributed by atoms with Gasteiger partial charge < -0.3 is 5.43 Å². The van der Waals surface area contributed by atoms with Crippen molar-refractivity contribution in [2.24, 2.45) is 5.84 Å². The van der Waals surface area contributed by atoms with Crippen molar-refractivity contribution >= 4 is 5.82 Å². The van der Waals surface area contributed by atoms with Gasteiger partial charge in [0.15, 0.2) is 23.3 Å². The second-order valence-corrected chi connectivity index (χ2v) is 4.21. The quantitative estimate of drug-likeness (QED) is 0.516. The van der Waals surface area contributed by atoms with Gasteiger partial charge in [-0.3, -0.25) is 0 Å². The summed E-state index contributed by atoms with van der Waals surface area (Å²) in [6, 6.07) is 1.69. The number of benzene rings is 1. The molecule has 20 heavy (non-hydrogen) atoms. The molecule has 0 aliphatic heterocycles. The Morgan fingerprint density at radius 3 is 2.25 bits per heavy atom. The first-order valence-corrected chi connectivity index (χ1v) is 5.97. The largest absolute Gasteiger partial charge is 0.308 e. The molecule has 106 valence electrons. The van der Waals surface area contributed by atoms with Gasteiger partial charge in [-0.1, -0.05) is 6.92 Å². The Bertz CT molecular complexity index is 635. The van der Waals surface area contributed by atoms with Gasteiger partial charge in [-0.25, -0.2) is 29.0 Å². The maximum absolute atomic E-state index is 13.2. The van der Waals surface area contributed by atoms with Crippen LogP contribution in [0.15, 0.2) is 12.1 Å². The molecule has 3 N–H and O–H groups in total. The first-order chi connectivity index (χ1) is 9.47. The molecule has 1 heterocycles. The molecule has 7 heteroatoms. The van der Waals surface area contributed by atoms with Crippen LogP contribution in [0, 0.1) is 24.4 Å². The molecular formula is C13H13F3N4. The second kappa shape index (κ2) is 5.46. The van der Waals surface area contributed by atoms with Gasteiger partial charge in [-0.15, -0.1) is 0 Å². The van der Waals surface area contributed by atoms with E-state index in [9.17, 15) is 13.2 Å². The lowest BCUT2D eigenvalue weighted by atomic mass is 10.1. The third kappa shape index (κ3) is 2.44. The van der Waals surface area contributed by atoms with Crippen LogP contribution in [-0.2, 0) is 6.42 Å². The van der Waals surface area contributed by atoms with Crippen LogP contribution in [0.4, 0.5) is 19.0 Å². The maximum atomic E-state index is 13.2. The summed E-state index contributed by atoms with van der Waals surface area (Å²) < 4.78 is 39.4. The Hall–Kier alpha value is -2.15. The number of hydrogen-bond donors (Lipinski definition) is 2. The molecule has 0 saturated carbocycles. The van der Waals surface area contributed by atoms with Crippen molar-refractivity contribution in [1.82, 2.24) is 9.97 Å². The van der Waals surface area contributed by atoms with Crippen molar-refractivity contribution < 1.29 is 13.2 Å². The maximum Gasteiger partial charge on any atom is 0.194 e. The Labute approximate surface area is 113 Å². The molecule has 0 bridgehead atoms. The number of rotatable bonds is 3. The van der Waals surface area contributed by atoms with E-state index in [4.69, 9.17) is 5.84 Å². The van der Waals surface area contributed by atoms with Crippen molar-refractivity contribution in [3.63, 3.8) is 0 Å². The molecule has 0 amide bonds. The summed E-state index contributed by atoms with van der Waals surface area (Å²) in [5.74, 6) is 1.73. The minimum atomic E-state index is -1.52. The Balaban J connectivity index is 2.62. The number of halogens is 3. The highest BCUT2D eigenvalue weighted by Crippen LogP contribution is 2.24. The van der Waals surface area contributed by atoms with E-state index in [1.165, 1.54) is 0 Å². The number of nitrogen functional groups attached to an aromatic ring is 1.